The van der Waals surface area contributed by atoms with Crippen LogP contribution in [0.25, 0.3) is 10.9 Å². The van der Waals surface area contributed by atoms with Crippen molar-refractivity contribution in [1.82, 2.24) is 14.5 Å². The van der Waals surface area contributed by atoms with Gasteiger partial charge in [0.2, 0.25) is 0 Å². The molecule has 3 heterocycles. The molecule has 1 saturated heterocycles. The maximum absolute atomic E-state index is 12.8. The Kier molecular flexibility index (Phi) is 4.23. The molecule has 6 heteroatoms. The van der Waals surface area contributed by atoms with Gasteiger partial charge in [-0.2, -0.15) is 0 Å². The Morgan fingerprint density at radius 3 is 2.74 bits per heavy atom. The zero-order valence-electron chi connectivity index (χ0n) is 14.0. The Labute approximate surface area is 144 Å². The molecular weight excluding hydrogens is 358 g/mol. The summed E-state index contributed by atoms with van der Waals surface area (Å²) in [6.45, 7) is 6.70. The van der Waals surface area contributed by atoms with E-state index in [1.807, 2.05) is 26.8 Å². The molecule has 0 N–H and O–H groups in total. The van der Waals surface area contributed by atoms with E-state index in [-0.39, 0.29) is 12.1 Å². The van der Waals surface area contributed by atoms with Crippen LogP contribution in [0.4, 0.5) is 4.79 Å². The first kappa shape index (κ1) is 16.5. The Balaban J connectivity index is 2.15. The molecule has 0 bridgehead atoms. The highest BCUT2D eigenvalue weighted by atomic mass is 79.9. The summed E-state index contributed by atoms with van der Waals surface area (Å²) in [6, 6.07) is 4.16. The molecule has 2 aromatic rings. The molecule has 1 aliphatic rings. The molecule has 0 radical (unpaired) electrons. The molecule has 1 fully saturated rings. The second-order valence-corrected chi connectivity index (χ2v) is 7.90. The Morgan fingerprint density at radius 1 is 1.39 bits per heavy atom. The van der Waals surface area contributed by atoms with Gasteiger partial charge in [-0.1, -0.05) is 0 Å². The van der Waals surface area contributed by atoms with E-state index in [0.717, 1.165) is 36.0 Å². The van der Waals surface area contributed by atoms with Crippen LogP contribution in [0.5, 0.6) is 0 Å². The van der Waals surface area contributed by atoms with E-state index in [9.17, 15) is 4.79 Å². The summed E-state index contributed by atoms with van der Waals surface area (Å²) in [4.78, 5) is 19.4. The molecule has 0 saturated carbocycles. The smallest absolute Gasteiger partial charge is 0.419 e. The number of fused-ring (bicyclic) bond motifs is 1. The average molecular weight is 380 g/mol. The van der Waals surface area contributed by atoms with Crippen LogP contribution in [0.15, 0.2) is 22.9 Å². The van der Waals surface area contributed by atoms with E-state index >= 15 is 0 Å². The van der Waals surface area contributed by atoms with Gasteiger partial charge in [-0.05, 0) is 75.3 Å². The first-order valence-electron chi connectivity index (χ1n) is 7.87. The number of pyridine rings is 1. The largest absolute Gasteiger partial charge is 0.443 e. The van der Waals surface area contributed by atoms with E-state index in [0.29, 0.717) is 4.60 Å². The number of aromatic nitrogens is 2. The topological polar surface area (TPSA) is 47.4 Å². The van der Waals surface area contributed by atoms with Crippen LogP contribution < -0.4 is 0 Å². The normalized spacial score (nSPS) is 19.4. The van der Waals surface area contributed by atoms with Crippen LogP contribution >= 0.6 is 15.9 Å². The average Bonchev–Trinajstić information content (AvgIpc) is 2.99. The van der Waals surface area contributed by atoms with Gasteiger partial charge < -0.3 is 4.74 Å². The van der Waals surface area contributed by atoms with E-state index < -0.39 is 5.60 Å². The molecule has 0 spiro atoms. The zero-order valence-corrected chi connectivity index (χ0v) is 15.6. The molecular formula is C17H22BrN3O2. The lowest BCUT2D eigenvalue weighted by Crippen LogP contribution is -2.30. The molecule has 3 rings (SSSR count). The highest BCUT2D eigenvalue weighted by Gasteiger charge is 2.30. The van der Waals surface area contributed by atoms with Crippen molar-refractivity contribution in [3.63, 3.8) is 0 Å². The molecule has 0 unspecified atom stereocenters. The summed E-state index contributed by atoms with van der Waals surface area (Å²) in [5.74, 6) is 0. The fraction of sp³-hybridized carbons (Fsp3) is 0.529. The molecule has 0 amide bonds. The molecule has 2 aromatic heterocycles. The number of carbonyl (C=O) groups excluding carboxylic acids is 1. The number of halogens is 1. The minimum absolute atomic E-state index is 0.230. The van der Waals surface area contributed by atoms with Crippen molar-refractivity contribution in [2.45, 2.75) is 45.3 Å². The van der Waals surface area contributed by atoms with Gasteiger partial charge in [0, 0.05) is 17.3 Å². The van der Waals surface area contributed by atoms with Crippen LogP contribution in [-0.4, -0.2) is 39.7 Å². The lowest BCUT2D eigenvalue weighted by atomic mass is 10.1. The summed E-state index contributed by atoms with van der Waals surface area (Å²) < 4.78 is 8.05. The van der Waals surface area contributed by atoms with Crippen LogP contribution in [0.3, 0.4) is 0 Å². The fourth-order valence-corrected chi connectivity index (χ4v) is 3.46. The van der Waals surface area contributed by atoms with E-state index in [4.69, 9.17) is 4.74 Å². The molecule has 5 nitrogen and oxygen atoms in total. The molecule has 0 aromatic carbocycles. The fourth-order valence-electron chi connectivity index (χ4n) is 3.14. The van der Waals surface area contributed by atoms with Crippen molar-refractivity contribution >= 4 is 32.9 Å². The Morgan fingerprint density at radius 2 is 2.13 bits per heavy atom. The summed E-state index contributed by atoms with van der Waals surface area (Å²) >= 11 is 3.39. The van der Waals surface area contributed by atoms with Crippen molar-refractivity contribution in [2.24, 2.45) is 0 Å². The third kappa shape index (κ3) is 3.28. The number of rotatable bonds is 1. The molecule has 124 valence electrons. The number of hydrogen-bond acceptors (Lipinski definition) is 4. The van der Waals surface area contributed by atoms with Gasteiger partial charge in [0.1, 0.15) is 10.2 Å². The number of hydrogen-bond donors (Lipinski definition) is 0. The first-order valence-corrected chi connectivity index (χ1v) is 8.66. The highest BCUT2D eigenvalue weighted by molar-refractivity contribution is 9.10. The summed E-state index contributed by atoms with van der Waals surface area (Å²) in [7, 11) is 2.10. The standard InChI is InChI=1S/C17H22BrN3O2/c1-17(2,3)23-16(22)21-13-9-15(18)19-10-11(13)8-14(21)12-6-5-7-20(12)4/h8-10,12H,5-7H2,1-4H3/t12-/m1/s1. The van der Waals surface area contributed by atoms with Gasteiger partial charge in [0.25, 0.3) is 0 Å². The van der Waals surface area contributed by atoms with Gasteiger partial charge in [-0.15, -0.1) is 0 Å². The van der Waals surface area contributed by atoms with Crippen molar-refractivity contribution in [3.8, 4) is 0 Å². The predicted molar refractivity (Wildman–Crippen MR) is 93.7 cm³/mol. The zero-order chi connectivity index (χ0) is 16.8. The highest BCUT2D eigenvalue weighted by Crippen LogP contribution is 2.35. The van der Waals surface area contributed by atoms with Gasteiger partial charge >= 0.3 is 6.09 Å². The predicted octanol–water partition coefficient (Wildman–Crippen LogP) is 4.35. The van der Waals surface area contributed by atoms with Gasteiger partial charge in [0.05, 0.1) is 11.6 Å². The van der Waals surface area contributed by atoms with Crippen LogP contribution in [-0.2, 0) is 4.74 Å². The Bertz CT molecular complexity index is 748. The maximum Gasteiger partial charge on any atom is 0.419 e. The molecule has 1 aliphatic heterocycles. The molecule has 1 atom stereocenters. The maximum atomic E-state index is 12.8. The molecule has 23 heavy (non-hydrogen) atoms. The molecule has 0 aliphatic carbocycles. The second kappa shape index (κ2) is 5.91. The third-order valence-electron chi connectivity index (χ3n) is 4.12. The quantitative estimate of drug-likeness (QED) is 0.691. The van der Waals surface area contributed by atoms with E-state index in [1.54, 1.807) is 10.8 Å². The lowest BCUT2D eigenvalue weighted by molar-refractivity contribution is 0.0534. The summed E-state index contributed by atoms with van der Waals surface area (Å²) in [6.07, 6.45) is 3.64. The monoisotopic (exact) mass is 379 g/mol. The van der Waals surface area contributed by atoms with Crippen LogP contribution in [0.2, 0.25) is 0 Å². The SMILES string of the molecule is CN1CCC[C@@H]1c1cc2cnc(Br)cc2n1C(=O)OC(C)(C)C. The van der Waals surface area contributed by atoms with Crippen molar-refractivity contribution in [1.29, 1.82) is 0 Å². The summed E-state index contributed by atoms with van der Waals surface area (Å²) in [5.41, 5.74) is 1.28. The van der Waals surface area contributed by atoms with Crippen LogP contribution in [0, 0.1) is 0 Å². The lowest BCUT2D eigenvalue weighted by Gasteiger charge is -2.24. The van der Waals surface area contributed by atoms with Gasteiger partial charge in [0.15, 0.2) is 0 Å². The number of likely N-dealkylation sites (tertiary alicyclic amines) is 1. The van der Waals surface area contributed by atoms with Gasteiger partial charge in [-0.3, -0.25) is 4.90 Å². The van der Waals surface area contributed by atoms with Gasteiger partial charge in [-0.25, -0.2) is 14.3 Å². The minimum Gasteiger partial charge on any atom is -0.443 e. The van der Waals surface area contributed by atoms with Crippen LogP contribution in [0.1, 0.15) is 45.3 Å². The minimum atomic E-state index is -0.531. The summed E-state index contributed by atoms with van der Waals surface area (Å²) in [5, 5.41) is 0.953. The number of carbonyl (C=O) groups is 1. The Hall–Kier alpha value is -1.40. The number of ether oxygens (including phenoxy) is 1. The third-order valence-corrected chi connectivity index (χ3v) is 4.55. The van der Waals surface area contributed by atoms with Crippen molar-refractivity contribution < 1.29 is 9.53 Å². The second-order valence-electron chi connectivity index (χ2n) is 7.09. The van der Waals surface area contributed by atoms with E-state index in [2.05, 4.69) is 38.9 Å². The van der Waals surface area contributed by atoms with Crippen molar-refractivity contribution in [3.05, 3.63) is 28.6 Å². The number of nitrogens with zero attached hydrogens (tertiary/aromatic N) is 3. The first-order chi connectivity index (χ1) is 10.8. The van der Waals surface area contributed by atoms with E-state index in [1.165, 1.54) is 0 Å². The van der Waals surface area contributed by atoms with Crippen molar-refractivity contribution in [2.75, 3.05) is 13.6 Å².